The van der Waals surface area contributed by atoms with Gasteiger partial charge in [0.05, 0.1) is 13.2 Å². The van der Waals surface area contributed by atoms with E-state index >= 15 is 0 Å². The van der Waals surface area contributed by atoms with E-state index in [4.69, 9.17) is 9.47 Å². The maximum atomic E-state index is 11.5. The van der Waals surface area contributed by atoms with Crippen LogP contribution in [0.5, 0.6) is 11.5 Å². The van der Waals surface area contributed by atoms with Crippen molar-refractivity contribution in [1.29, 1.82) is 0 Å². The molecule has 0 aliphatic carbocycles. The molecule has 0 bridgehead atoms. The monoisotopic (exact) mass is 295 g/mol. The van der Waals surface area contributed by atoms with Crippen LogP contribution < -0.4 is 9.47 Å². The van der Waals surface area contributed by atoms with E-state index in [0.717, 1.165) is 24.0 Å². The molecule has 3 heterocycles. The molecule has 0 saturated heterocycles. The van der Waals surface area contributed by atoms with E-state index in [-0.39, 0.29) is 0 Å². The van der Waals surface area contributed by atoms with Crippen molar-refractivity contribution in [3.05, 3.63) is 42.4 Å². The van der Waals surface area contributed by atoms with Crippen molar-refractivity contribution < 1.29 is 14.3 Å². The lowest BCUT2D eigenvalue weighted by molar-refractivity contribution is 0.111. The zero-order chi connectivity index (χ0) is 14.9. The van der Waals surface area contributed by atoms with Crippen LogP contribution in [-0.2, 0) is 0 Å². The van der Waals surface area contributed by atoms with Crippen LogP contribution in [0, 0.1) is 0 Å². The molecule has 0 unspecified atom stereocenters. The second-order valence-electron chi connectivity index (χ2n) is 4.97. The van der Waals surface area contributed by atoms with Gasteiger partial charge in [0, 0.05) is 24.4 Å². The minimum atomic E-state index is 0.470. The highest BCUT2D eigenvalue weighted by atomic mass is 16.5. The number of fused-ring (bicyclic) bond motifs is 2. The van der Waals surface area contributed by atoms with Crippen LogP contribution in [0.1, 0.15) is 16.9 Å². The number of hydrogen-bond acceptors (Lipinski definition) is 5. The molecule has 2 aromatic heterocycles. The molecule has 0 saturated carbocycles. The van der Waals surface area contributed by atoms with Gasteiger partial charge in [-0.05, 0) is 24.3 Å². The SMILES string of the molecule is O=Cc1c(-c2ccc3c(c2)OCCCO3)nc2ncccn12. The van der Waals surface area contributed by atoms with E-state index in [0.29, 0.717) is 36.1 Å². The normalized spacial score (nSPS) is 13.8. The molecule has 6 heteroatoms. The smallest absolute Gasteiger partial charge is 0.234 e. The van der Waals surface area contributed by atoms with Crippen LogP contribution in [0.15, 0.2) is 36.7 Å². The third-order valence-electron chi connectivity index (χ3n) is 3.57. The second kappa shape index (κ2) is 5.14. The average Bonchev–Trinajstić information content (AvgIpc) is 2.77. The van der Waals surface area contributed by atoms with Crippen molar-refractivity contribution in [3.8, 4) is 22.8 Å². The first-order chi connectivity index (χ1) is 10.9. The molecule has 0 atom stereocenters. The Labute approximate surface area is 126 Å². The lowest BCUT2D eigenvalue weighted by Gasteiger charge is -2.08. The largest absolute Gasteiger partial charge is 0.490 e. The zero-order valence-corrected chi connectivity index (χ0v) is 11.7. The van der Waals surface area contributed by atoms with E-state index < -0.39 is 0 Å². The summed E-state index contributed by atoms with van der Waals surface area (Å²) in [5.41, 5.74) is 1.86. The minimum Gasteiger partial charge on any atom is -0.490 e. The quantitative estimate of drug-likeness (QED) is 0.679. The lowest BCUT2D eigenvalue weighted by atomic mass is 10.1. The van der Waals surface area contributed by atoms with Crippen molar-refractivity contribution >= 4 is 12.1 Å². The fourth-order valence-corrected chi connectivity index (χ4v) is 2.54. The fraction of sp³-hybridized carbons (Fsp3) is 0.188. The number of carbonyl (C=O) groups excluding carboxylic acids is 1. The Morgan fingerprint density at radius 3 is 2.91 bits per heavy atom. The molecular formula is C16H13N3O3. The van der Waals surface area contributed by atoms with Crippen molar-refractivity contribution in [2.24, 2.45) is 0 Å². The summed E-state index contributed by atoms with van der Waals surface area (Å²) in [6, 6.07) is 7.35. The van der Waals surface area contributed by atoms with Gasteiger partial charge in [0.15, 0.2) is 17.8 Å². The molecular weight excluding hydrogens is 282 g/mol. The number of imidazole rings is 1. The lowest BCUT2D eigenvalue weighted by Crippen LogP contribution is -1.97. The molecule has 1 aromatic carbocycles. The van der Waals surface area contributed by atoms with E-state index in [1.807, 2.05) is 18.2 Å². The maximum absolute atomic E-state index is 11.5. The Hall–Kier alpha value is -2.89. The number of benzene rings is 1. The van der Waals surface area contributed by atoms with E-state index in [1.54, 1.807) is 22.9 Å². The predicted molar refractivity (Wildman–Crippen MR) is 79.4 cm³/mol. The van der Waals surface area contributed by atoms with E-state index in [9.17, 15) is 4.79 Å². The molecule has 0 amide bonds. The number of rotatable bonds is 2. The number of ether oxygens (including phenoxy) is 2. The first-order valence-electron chi connectivity index (χ1n) is 7.05. The van der Waals surface area contributed by atoms with Gasteiger partial charge in [-0.2, -0.15) is 0 Å². The first-order valence-corrected chi connectivity index (χ1v) is 7.05. The van der Waals surface area contributed by atoms with Crippen molar-refractivity contribution in [2.75, 3.05) is 13.2 Å². The van der Waals surface area contributed by atoms with Gasteiger partial charge in [-0.15, -0.1) is 0 Å². The van der Waals surface area contributed by atoms with Gasteiger partial charge in [0.25, 0.3) is 0 Å². The molecule has 0 N–H and O–H groups in total. The molecule has 1 aliphatic rings. The van der Waals surface area contributed by atoms with Gasteiger partial charge in [-0.1, -0.05) is 0 Å². The van der Waals surface area contributed by atoms with Gasteiger partial charge in [-0.3, -0.25) is 9.20 Å². The summed E-state index contributed by atoms with van der Waals surface area (Å²) in [6.45, 7) is 1.26. The molecule has 6 nitrogen and oxygen atoms in total. The highest BCUT2D eigenvalue weighted by molar-refractivity contribution is 5.86. The van der Waals surface area contributed by atoms with Crippen molar-refractivity contribution in [2.45, 2.75) is 6.42 Å². The summed E-state index contributed by atoms with van der Waals surface area (Å²) >= 11 is 0. The summed E-state index contributed by atoms with van der Waals surface area (Å²) in [4.78, 5) is 20.1. The zero-order valence-electron chi connectivity index (χ0n) is 11.7. The number of hydrogen-bond donors (Lipinski definition) is 0. The summed E-state index contributed by atoms with van der Waals surface area (Å²) in [5, 5.41) is 0. The van der Waals surface area contributed by atoms with Gasteiger partial charge in [-0.25, -0.2) is 9.97 Å². The van der Waals surface area contributed by atoms with Gasteiger partial charge in [0.1, 0.15) is 11.4 Å². The Morgan fingerprint density at radius 2 is 2.05 bits per heavy atom. The van der Waals surface area contributed by atoms with Crippen LogP contribution in [0.3, 0.4) is 0 Å². The molecule has 1 aliphatic heterocycles. The third-order valence-corrected chi connectivity index (χ3v) is 3.57. The van der Waals surface area contributed by atoms with Crippen LogP contribution in [0.2, 0.25) is 0 Å². The summed E-state index contributed by atoms with van der Waals surface area (Å²) in [6.07, 6.45) is 5.06. The number of aromatic nitrogens is 3. The first kappa shape index (κ1) is 12.8. The maximum Gasteiger partial charge on any atom is 0.234 e. The average molecular weight is 295 g/mol. The Morgan fingerprint density at radius 1 is 1.18 bits per heavy atom. The van der Waals surface area contributed by atoms with Gasteiger partial charge < -0.3 is 9.47 Å². The third kappa shape index (κ3) is 2.00. The highest BCUT2D eigenvalue weighted by Crippen LogP contribution is 2.34. The van der Waals surface area contributed by atoms with Crippen molar-refractivity contribution in [1.82, 2.24) is 14.4 Å². The standard InChI is InChI=1S/C16H13N3O3/c20-10-12-15(18-16-17-5-1-6-19(12)16)11-3-4-13-14(9-11)22-8-2-7-21-13/h1,3-6,9-10H,2,7-8H2. The second-order valence-corrected chi connectivity index (χ2v) is 4.97. The number of nitrogens with zero attached hydrogens (tertiary/aromatic N) is 3. The Bertz CT molecular complexity index is 857. The molecule has 0 radical (unpaired) electrons. The highest BCUT2D eigenvalue weighted by Gasteiger charge is 2.17. The topological polar surface area (TPSA) is 65.7 Å². The number of aldehydes is 1. The van der Waals surface area contributed by atoms with Crippen molar-refractivity contribution in [3.63, 3.8) is 0 Å². The molecule has 4 rings (SSSR count). The molecule has 3 aromatic rings. The molecule has 0 fully saturated rings. The van der Waals surface area contributed by atoms with Gasteiger partial charge >= 0.3 is 0 Å². The molecule has 0 spiro atoms. The summed E-state index contributed by atoms with van der Waals surface area (Å²) < 4.78 is 13.0. The summed E-state index contributed by atoms with van der Waals surface area (Å²) in [7, 11) is 0. The fourth-order valence-electron chi connectivity index (χ4n) is 2.54. The van der Waals surface area contributed by atoms with E-state index in [2.05, 4.69) is 9.97 Å². The Balaban J connectivity index is 1.88. The Kier molecular flexibility index (Phi) is 3.00. The van der Waals surface area contributed by atoms with Crippen LogP contribution in [0.25, 0.3) is 17.0 Å². The molecule has 110 valence electrons. The van der Waals surface area contributed by atoms with E-state index in [1.165, 1.54) is 0 Å². The van der Waals surface area contributed by atoms with Gasteiger partial charge in [0.2, 0.25) is 5.78 Å². The number of carbonyl (C=O) groups is 1. The van der Waals surface area contributed by atoms with Crippen LogP contribution in [0.4, 0.5) is 0 Å². The minimum absolute atomic E-state index is 0.470. The van der Waals surface area contributed by atoms with Crippen LogP contribution in [-0.4, -0.2) is 33.9 Å². The summed E-state index contributed by atoms with van der Waals surface area (Å²) in [5.74, 6) is 1.89. The predicted octanol–water partition coefficient (Wildman–Crippen LogP) is 2.37. The van der Waals surface area contributed by atoms with Crippen LogP contribution >= 0.6 is 0 Å². The molecule has 22 heavy (non-hydrogen) atoms.